The van der Waals surface area contributed by atoms with E-state index >= 15 is 0 Å². The summed E-state index contributed by atoms with van der Waals surface area (Å²) < 4.78 is 32.2. The highest BCUT2D eigenvalue weighted by molar-refractivity contribution is 7.95. The molecule has 1 aliphatic heterocycles. The van der Waals surface area contributed by atoms with Crippen molar-refractivity contribution >= 4 is 21.8 Å². The molecule has 3 rings (SSSR count). The van der Waals surface area contributed by atoms with Gasteiger partial charge >= 0.3 is 0 Å². The summed E-state index contributed by atoms with van der Waals surface area (Å²) in [6, 6.07) is 12.7. The third kappa shape index (κ3) is 2.96. The second kappa shape index (κ2) is 5.81. The Bertz CT molecular complexity index is 788. The minimum Gasteiger partial charge on any atom is -0.471 e. The van der Waals surface area contributed by atoms with Crippen LogP contribution in [0.1, 0.15) is 12.5 Å². The molecule has 2 heterocycles. The van der Waals surface area contributed by atoms with Crippen molar-refractivity contribution in [3.8, 4) is 5.88 Å². The van der Waals surface area contributed by atoms with E-state index in [9.17, 15) is 8.42 Å². The standard InChI is InChI=1S/C16H16N2O3S/c1-13-12-18(15-8-5-10-17-16(15)21-13)22(19,20)11-9-14-6-3-2-4-7-14/h2-11,13H,12H2,1H3. The van der Waals surface area contributed by atoms with E-state index in [-0.39, 0.29) is 12.6 Å². The first-order chi connectivity index (χ1) is 10.6. The smallest absolute Gasteiger partial charge is 0.257 e. The van der Waals surface area contributed by atoms with Gasteiger partial charge < -0.3 is 4.74 Å². The Kier molecular flexibility index (Phi) is 3.85. The van der Waals surface area contributed by atoms with Crippen LogP contribution in [0.5, 0.6) is 5.88 Å². The lowest BCUT2D eigenvalue weighted by Gasteiger charge is -2.32. The maximum Gasteiger partial charge on any atom is 0.257 e. The normalized spacial score (nSPS) is 18.0. The van der Waals surface area contributed by atoms with Crippen LogP contribution in [0.15, 0.2) is 54.1 Å². The summed E-state index contributed by atoms with van der Waals surface area (Å²) in [7, 11) is -3.60. The maximum absolute atomic E-state index is 12.6. The fraction of sp³-hybridized carbons (Fsp3) is 0.188. The third-order valence-electron chi connectivity index (χ3n) is 3.29. The molecule has 6 heteroatoms. The highest BCUT2D eigenvalue weighted by Crippen LogP contribution is 2.33. The van der Waals surface area contributed by atoms with Crippen LogP contribution < -0.4 is 9.04 Å². The Balaban J connectivity index is 1.94. The molecule has 114 valence electrons. The number of rotatable bonds is 3. The molecule has 0 bridgehead atoms. The van der Waals surface area contributed by atoms with Crippen LogP contribution in [0, 0.1) is 0 Å². The Hall–Kier alpha value is -2.34. The van der Waals surface area contributed by atoms with E-state index in [1.165, 1.54) is 9.71 Å². The molecule has 0 fully saturated rings. The van der Waals surface area contributed by atoms with Gasteiger partial charge in [0, 0.05) is 6.20 Å². The molecule has 2 aromatic rings. The second-order valence-electron chi connectivity index (χ2n) is 5.05. The SMILES string of the molecule is CC1CN(S(=O)(=O)C=Cc2ccccc2)c2cccnc2O1. The summed E-state index contributed by atoms with van der Waals surface area (Å²) in [5.74, 6) is 0.345. The number of pyridine rings is 1. The lowest BCUT2D eigenvalue weighted by atomic mass is 10.2. The molecule has 22 heavy (non-hydrogen) atoms. The molecule has 0 N–H and O–H groups in total. The van der Waals surface area contributed by atoms with Crippen LogP contribution in [0.2, 0.25) is 0 Å². The number of fused-ring (bicyclic) bond motifs is 1. The number of ether oxygens (including phenoxy) is 1. The zero-order valence-corrected chi connectivity index (χ0v) is 12.9. The number of hydrogen-bond acceptors (Lipinski definition) is 4. The van der Waals surface area contributed by atoms with E-state index < -0.39 is 10.0 Å². The van der Waals surface area contributed by atoms with E-state index in [0.717, 1.165) is 5.56 Å². The minimum atomic E-state index is -3.60. The largest absolute Gasteiger partial charge is 0.471 e. The van der Waals surface area contributed by atoms with Gasteiger partial charge in [0.25, 0.3) is 10.0 Å². The van der Waals surface area contributed by atoms with Crippen LogP contribution in [0.25, 0.3) is 6.08 Å². The van der Waals surface area contributed by atoms with E-state index in [2.05, 4.69) is 4.98 Å². The lowest BCUT2D eigenvalue weighted by molar-refractivity contribution is 0.210. The summed E-state index contributed by atoms with van der Waals surface area (Å²) in [6.07, 6.45) is 2.93. The number of anilines is 1. The van der Waals surface area contributed by atoms with Gasteiger partial charge in [0.2, 0.25) is 5.88 Å². The van der Waals surface area contributed by atoms with E-state index in [4.69, 9.17) is 4.74 Å². The van der Waals surface area contributed by atoms with E-state index in [1.807, 2.05) is 37.3 Å². The van der Waals surface area contributed by atoms with Crippen molar-refractivity contribution in [2.45, 2.75) is 13.0 Å². The molecule has 0 radical (unpaired) electrons. The Morgan fingerprint density at radius 1 is 1.23 bits per heavy atom. The van der Waals surface area contributed by atoms with Crippen molar-refractivity contribution in [1.82, 2.24) is 4.98 Å². The van der Waals surface area contributed by atoms with Gasteiger partial charge in [0.05, 0.1) is 12.0 Å². The number of benzene rings is 1. The molecule has 5 nitrogen and oxygen atoms in total. The van der Waals surface area contributed by atoms with Crippen molar-refractivity contribution in [2.24, 2.45) is 0 Å². The van der Waals surface area contributed by atoms with Crippen molar-refractivity contribution in [3.63, 3.8) is 0 Å². The molecule has 1 aromatic carbocycles. The summed E-state index contributed by atoms with van der Waals surface area (Å²) >= 11 is 0. The maximum atomic E-state index is 12.6. The number of sulfonamides is 1. The summed E-state index contributed by atoms with van der Waals surface area (Å²) in [5.41, 5.74) is 1.30. The summed E-state index contributed by atoms with van der Waals surface area (Å²) in [6.45, 7) is 2.08. The molecule has 0 amide bonds. The highest BCUT2D eigenvalue weighted by Gasteiger charge is 2.30. The molecule has 1 atom stereocenters. The first kappa shape index (κ1) is 14.6. The predicted molar refractivity (Wildman–Crippen MR) is 86.1 cm³/mol. The lowest BCUT2D eigenvalue weighted by Crippen LogP contribution is -2.41. The van der Waals surface area contributed by atoms with Crippen LogP contribution in [0.3, 0.4) is 0 Å². The molecule has 0 saturated carbocycles. The molecular formula is C16H16N2O3S. The molecule has 0 aliphatic carbocycles. The van der Waals surface area contributed by atoms with Crippen molar-refractivity contribution in [2.75, 3.05) is 10.8 Å². The average Bonchev–Trinajstić information content (AvgIpc) is 2.53. The predicted octanol–water partition coefficient (Wildman–Crippen LogP) is 2.67. The molecular weight excluding hydrogens is 300 g/mol. The fourth-order valence-electron chi connectivity index (χ4n) is 2.27. The topological polar surface area (TPSA) is 59.5 Å². The van der Waals surface area contributed by atoms with Crippen LogP contribution in [0.4, 0.5) is 5.69 Å². The quantitative estimate of drug-likeness (QED) is 0.873. The monoisotopic (exact) mass is 316 g/mol. The van der Waals surface area contributed by atoms with Gasteiger partial charge in [-0.05, 0) is 30.7 Å². The van der Waals surface area contributed by atoms with Crippen molar-refractivity contribution in [1.29, 1.82) is 0 Å². The van der Waals surface area contributed by atoms with Crippen LogP contribution in [-0.4, -0.2) is 26.1 Å². The summed E-state index contributed by atoms with van der Waals surface area (Å²) in [5, 5.41) is 1.22. The van der Waals surface area contributed by atoms with Gasteiger partial charge in [-0.15, -0.1) is 0 Å². The molecule has 1 unspecified atom stereocenters. The zero-order chi connectivity index (χ0) is 15.6. The fourth-order valence-corrected chi connectivity index (χ4v) is 3.57. The van der Waals surface area contributed by atoms with Crippen molar-refractivity contribution < 1.29 is 13.2 Å². The zero-order valence-electron chi connectivity index (χ0n) is 12.1. The number of aromatic nitrogens is 1. The Labute approximate surface area is 129 Å². The molecule has 1 aromatic heterocycles. The third-order valence-corrected chi connectivity index (χ3v) is 4.73. The molecule has 0 saturated heterocycles. The van der Waals surface area contributed by atoms with Gasteiger partial charge in [-0.25, -0.2) is 13.4 Å². The first-order valence-electron chi connectivity index (χ1n) is 6.94. The first-order valence-corrected chi connectivity index (χ1v) is 8.44. The van der Waals surface area contributed by atoms with Gasteiger partial charge in [-0.3, -0.25) is 4.31 Å². The Morgan fingerprint density at radius 2 is 2.00 bits per heavy atom. The average molecular weight is 316 g/mol. The van der Waals surface area contributed by atoms with Crippen LogP contribution in [-0.2, 0) is 10.0 Å². The van der Waals surface area contributed by atoms with Gasteiger partial charge in [-0.2, -0.15) is 0 Å². The van der Waals surface area contributed by atoms with E-state index in [1.54, 1.807) is 24.4 Å². The molecule has 0 spiro atoms. The number of hydrogen-bond donors (Lipinski definition) is 0. The van der Waals surface area contributed by atoms with Gasteiger partial charge in [0.15, 0.2) is 0 Å². The van der Waals surface area contributed by atoms with Gasteiger partial charge in [0.1, 0.15) is 11.8 Å². The minimum absolute atomic E-state index is 0.248. The van der Waals surface area contributed by atoms with Gasteiger partial charge in [-0.1, -0.05) is 30.3 Å². The van der Waals surface area contributed by atoms with E-state index in [0.29, 0.717) is 11.6 Å². The van der Waals surface area contributed by atoms with Crippen molar-refractivity contribution in [3.05, 3.63) is 59.6 Å². The summed E-state index contributed by atoms with van der Waals surface area (Å²) in [4.78, 5) is 4.10. The molecule has 1 aliphatic rings. The van der Waals surface area contributed by atoms with Crippen LogP contribution >= 0.6 is 0 Å². The Morgan fingerprint density at radius 3 is 2.77 bits per heavy atom. The highest BCUT2D eigenvalue weighted by atomic mass is 32.2. The second-order valence-corrected chi connectivity index (χ2v) is 6.79. The number of nitrogens with zero attached hydrogens (tertiary/aromatic N) is 2.